The third-order valence-electron chi connectivity index (χ3n) is 3.92. The van der Waals surface area contributed by atoms with Crippen molar-refractivity contribution in [1.82, 2.24) is 5.32 Å². The van der Waals surface area contributed by atoms with Gasteiger partial charge < -0.3 is 10.4 Å². The van der Waals surface area contributed by atoms with E-state index in [9.17, 15) is 9.59 Å². The Morgan fingerprint density at radius 2 is 1.80 bits per heavy atom. The van der Waals surface area contributed by atoms with Crippen molar-refractivity contribution in [1.29, 1.82) is 0 Å². The molecular weight excluding hydrogens is 254 g/mol. The van der Waals surface area contributed by atoms with Gasteiger partial charge in [0.05, 0.1) is 12.0 Å². The molecule has 1 aliphatic rings. The lowest BCUT2D eigenvalue weighted by Crippen LogP contribution is -2.27. The number of hydrogen-bond acceptors (Lipinski definition) is 2. The minimum Gasteiger partial charge on any atom is -0.478 e. The second kappa shape index (κ2) is 7.08. The quantitative estimate of drug-likeness (QED) is 0.838. The average molecular weight is 275 g/mol. The van der Waals surface area contributed by atoms with E-state index >= 15 is 0 Å². The molecule has 1 fully saturated rings. The molecule has 0 aliphatic heterocycles. The number of amides is 1. The fraction of sp³-hybridized carbons (Fsp3) is 0.500. The van der Waals surface area contributed by atoms with Crippen molar-refractivity contribution in [2.24, 2.45) is 5.92 Å². The van der Waals surface area contributed by atoms with Gasteiger partial charge in [-0.15, -0.1) is 0 Å². The molecule has 2 rings (SSSR count). The summed E-state index contributed by atoms with van der Waals surface area (Å²) in [6, 6.07) is 6.45. The molecule has 1 aromatic carbocycles. The van der Waals surface area contributed by atoms with Gasteiger partial charge in [-0.05, 0) is 30.0 Å². The van der Waals surface area contributed by atoms with Gasteiger partial charge in [0.25, 0.3) is 0 Å². The Kier molecular flexibility index (Phi) is 5.16. The van der Waals surface area contributed by atoms with Crippen LogP contribution in [0, 0.1) is 5.92 Å². The minimum absolute atomic E-state index is 0.00562. The van der Waals surface area contributed by atoms with Crippen LogP contribution in [0.3, 0.4) is 0 Å². The summed E-state index contributed by atoms with van der Waals surface area (Å²) in [5.74, 6) is -0.159. The van der Waals surface area contributed by atoms with E-state index in [4.69, 9.17) is 5.11 Å². The van der Waals surface area contributed by atoms with E-state index < -0.39 is 5.97 Å². The average Bonchev–Trinajstić information content (AvgIpc) is 2.92. The van der Waals surface area contributed by atoms with Crippen molar-refractivity contribution >= 4 is 11.9 Å². The lowest BCUT2D eigenvalue weighted by Gasteiger charge is -2.10. The number of carboxylic acids is 1. The van der Waals surface area contributed by atoms with E-state index in [1.807, 2.05) is 0 Å². The fourth-order valence-electron chi connectivity index (χ4n) is 2.73. The van der Waals surface area contributed by atoms with Crippen LogP contribution in [0.4, 0.5) is 0 Å². The zero-order chi connectivity index (χ0) is 14.4. The molecule has 108 valence electrons. The number of hydrogen-bond donors (Lipinski definition) is 2. The van der Waals surface area contributed by atoms with Crippen molar-refractivity contribution in [3.63, 3.8) is 0 Å². The van der Waals surface area contributed by atoms with E-state index in [1.165, 1.54) is 37.8 Å². The van der Waals surface area contributed by atoms with Crippen LogP contribution in [0.25, 0.3) is 0 Å². The zero-order valence-corrected chi connectivity index (χ0v) is 11.6. The Balaban J connectivity index is 1.71. The van der Waals surface area contributed by atoms with Gasteiger partial charge in [0.15, 0.2) is 0 Å². The molecule has 0 radical (unpaired) electrons. The SMILES string of the molecule is O=C(Cc1ccc(C(=O)O)cc1)NCCC1CCCC1. The third-order valence-corrected chi connectivity index (χ3v) is 3.92. The molecule has 1 aliphatic carbocycles. The summed E-state index contributed by atoms with van der Waals surface area (Å²) in [6.45, 7) is 0.747. The zero-order valence-electron chi connectivity index (χ0n) is 11.6. The molecular formula is C16H21NO3. The maximum absolute atomic E-state index is 11.8. The largest absolute Gasteiger partial charge is 0.478 e. The number of rotatable bonds is 6. The molecule has 2 N–H and O–H groups in total. The highest BCUT2D eigenvalue weighted by Gasteiger charge is 2.14. The van der Waals surface area contributed by atoms with Crippen LogP contribution < -0.4 is 5.32 Å². The number of carbonyl (C=O) groups excluding carboxylic acids is 1. The predicted molar refractivity (Wildman–Crippen MR) is 76.7 cm³/mol. The Bertz CT molecular complexity index is 461. The smallest absolute Gasteiger partial charge is 0.335 e. The highest BCUT2D eigenvalue weighted by Crippen LogP contribution is 2.26. The Hall–Kier alpha value is -1.84. The highest BCUT2D eigenvalue weighted by atomic mass is 16.4. The van der Waals surface area contributed by atoms with Crippen molar-refractivity contribution in [3.8, 4) is 0 Å². The van der Waals surface area contributed by atoms with Crippen LogP contribution >= 0.6 is 0 Å². The van der Waals surface area contributed by atoms with E-state index in [2.05, 4.69) is 5.32 Å². The molecule has 20 heavy (non-hydrogen) atoms. The molecule has 0 spiro atoms. The maximum atomic E-state index is 11.8. The normalized spacial score (nSPS) is 15.2. The van der Waals surface area contributed by atoms with Gasteiger partial charge in [-0.25, -0.2) is 4.79 Å². The van der Waals surface area contributed by atoms with Crippen LogP contribution in [0.1, 0.15) is 48.0 Å². The summed E-state index contributed by atoms with van der Waals surface area (Å²) in [4.78, 5) is 22.5. The number of benzene rings is 1. The molecule has 1 amide bonds. The maximum Gasteiger partial charge on any atom is 0.335 e. The summed E-state index contributed by atoms with van der Waals surface area (Å²) < 4.78 is 0. The third kappa shape index (κ3) is 4.37. The number of aromatic carboxylic acids is 1. The summed E-state index contributed by atoms with van der Waals surface area (Å²) in [5, 5.41) is 11.7. The van der Waals surface area contributed by atoms with Gasteiger partial charge >= 0.3 is 5.97 Å². The molecule has 0 saturated heterocycles. The first-order valence-electron chi connectivity index (χ1n) is 7.24. The topological polar surface area (TPSA) is 66.4 Å². The molecule has 0 heterocycles. The summed E-state index contributed by atoms with van der Waals surface area (Å²) in [5.41, 5.74) is 1.09. The van der Waals surface area contributed by atoms with Gasteiger partial charge in [-0.1, -0.05) is 37.8 Å². The second-order valence-electron chi connectivity index (χ2n) is 5.47. The molecule has 0 aromatic heterocycles. The summed E-state index contributed by atoms with van der Waals surface area (Å²) in [6.07, 6.45) is 6.64. The predicted octanol–water partition coefficient (Wildman–Crippen LogP) is 2.62. The van der Waals surface area contributed by atoms with Crippen molar-refractivity contribution in [2.45, 2.75) is 38.5 Å². The summed E-state index contributed by atoms with van der Waals surface area (Å²) >= 11 is 0. The minimum atomic E-state index is -0.947. The molecule has 0 bridgehead atoms. The molecule has 0 unspecified atom stereocenters. The second-order valence-corrected chi connectivity index (χ2v) is 5.47. The van der Waals surface area contributed by atoms with Gasteiger partial charge in [-0.2, -0.15) is 0 Å². The van der Waals surface area contributed by atoms with Crippen molar-refractivity contribution in [3.05, 3.63) is 35.4 Å². The number of carboxylic acid groups (broad SMARTS) is 1. The standard InChI is InChI=1S/C16H21NO3/c18-15(17-10-9-12-3-1-2-4-12)11-13-5-7-14(8-6-13)16(19)20/h5-8,12H,1-4,9-11H2,(H,17,18)(H,19,20). The van der Waals surface area contributed by atoms with Gasteiger partial charge in [-0.3, -0.25) is 4.79 Å². The van der Waals surface area contributed by atoms with Crippen LogP contribution in [0.5, 0.6) is 0 Å². The van der Waals surface area contributed by atoms with Crippen LogP contribution in [0.2, 0.25) is 0 Å². The first-order valence-corrected chi connectivity index (χ1v) is 7.24. The van der Waals surface area contributed by atoms with Crippen molar-refractivity contribution < 1.29 is 14.7 Å². The van der Waals surface area contributed by atoms with Gasteiger partial charge in [0.2, 0.25) is 5.91 Å². The van der Waals surface area contributed by atoms with Gasteiger partial charge in [0, 0.05) is 6.54 Å². The van der Waals surface area contributed by atoms with Crippen LogP contribution in [-0.4, -0.2) is 23.5 Å². The fourth-order valence-corrected chi connectivity index (χ4v) is 2.73. The molecule has 1 aromatic rings. The molecule has 4 heteroatoms. The van der Waals surface area contributed by atoms with E-state index in [0.29, 0.717) is 6.42 Å². The number of carbonyl (C=O) groups is 2. The molecule has 4 nitrogen and oxygen atoms in total. The lowest BCUT2D eigenvalue weighted by atomic mass is 10.0. The molecule has 1 saturated carbocycles. The van der Waals surface area contributed by atoms with E-state index in [-0.39, 0.29) is 11.5 Å². The first kappa shape index (κ1) is 14.6. The monoisotopic (exact) mass is 275 g/mol. The Morgan fingerprint density at radius 3 is 2.40 bits per heavy atom. The van der Waals surface area contributed by atoms with Crippen LogP contribution in [-0.2, 0) is 11.2 Å². The first-order chi connectivity index (χ1) is 9.65. The molecule has 0 atom stereocenters. The van der Waals surface area contributed by atoms with Crippen molar-refractivity contribution in [2.75, 3.05) is 6.54 Å². The van der Waals surface area contributed by atoms with Crippen LogP contribution in [0.15, 0.2) is 24.3 Å². The summed E-state index contributed by atoms with van der Waals surface area (Å²) in [7, 11) is 0. The number of nitrogens with one attached hydrogen (secondary N) is 1. The van der Waals surface area contributed by atoms with E-state index in [1.54, 1.807) is 12.1 Å². The lowest BCUT2D eigenvalue weighted by molar-refractivity contribution is -0.120. The van der Waals surface area contributed by atoms with Gasteiger partial charge in [0.1, 0.15) is 0 Å². The highest BCUT2D eigenvalue weighted by molar-refractivity contribution is 5.87. The van der Waals surface area contributed by atoms with E-state index in [0.717, 1.165) is 24.4 Å². The Labute approximate surface area is 119 Å². The Morgan fingerprint density at radius 1 is 1.15 bits per heavy atom.